The molecule has 2 aliphatic heterocycles. The molecule has 1 atom stereocenters. The molecule has 10 heteroatoms. The van der Waals surface area contributed by atoms with E-state index in [1.807, 2.05) is 0 Å². The molecule has 256 valence electrons. The monoisotopic (exact) mass is 680 g/mol. The van der Waals surface area contributed by atoms with Crippen LogP contribution in [-0.4, -0.2) is 56.3 Å². The van der Waals surface area contributed by atoms with Crippen LogP contribution in [0.4, 0.5) is 8.78 Å². The van der Waals surface area contributed by atoms with Crippen molar-refractivity contribution in [3.63, 3.8) is 0 Å². The number of dihydropyridines is 1. The molecule has 2 heterocycles. The van der Waals surface area contributed by atoms with E-state index < -0.39 is 24.5 Å². The van der Waals surface area contributed by atoms with Crippen molar-refractivity contribution in [1.82, 2.24) is 10.2 Å². The van der Waals surface area contributed by atoms with Crippen LogP contribution in [0.5, 0.6) is 5.75 Å². The summed E-state index contributed by atoms with van der Waals surface area (Å²) >= 11 is 0. The number of halogens is 3. The van der Waals surface area contributed by atoms with Gasteiger partial charge in [0.15, 0.2) is 0 Å². The van der Waals surface area contributed by atoms with Crippen LogP contribution in [0.25, 0.3) is 0 Å². The Morgan fingerprint density at radius 3 is 1.96 bits per heavy atom. The standard InChI is InChI=1S/C38H42F2N2O5.ClH/c1-4-45-35(43)32-26(2)41-27(3)33(34(32)28-13-11-18-31(25-28)47-37(39)40)36(44)46-24-12-21-42-22-19-38(20-23-42,29-14-7-5-8-15-29)30-16-9-6-10-17-30;/h5-11,13-18,25,34,37,41H,4,12,19-24H2,1-3H3;1H. The number of nitrogens with one attached hydrogen (secondary N) is 1. The maximum atomic E-state index is 13.7. The van der Waals surface area contributed by atoms with Gasteiger partial charge in [0, 0.05) is 23.4 Å². The molecular weight excluding hydrogens is 638 g/mol. The Morgan fingerprint density at radius 2 is 1.42 bits per heavy atom. The van der Waals surface area contributed by atoms with Crippen LogP contribution >= 0.6 is 12.4 Å². The number of carbonyl (C=O) groups excluding carboxylic acids is 2. The van der Waals surface area contributed by atoms with Gasteiger partial charge in [-0.15, -0.1) is 12.4 Å². The summed E-state index contributed by atoms with van der Waals surface area (Å²) in [6, 6.07) is 27.4. The van der Waals surface area contributed by atoms with Crippen LogP contribution in [0.15, 0.2) is 107 Å². The molecule has 1 unspecified atom stereocenters. The van der Waals surface area contributed by atoms with Crippen molar-refractivity contribution in [1.29, 1.82) is 0 Å². The van der Waals surface area contributed by atoms with E-state index in [-0.39, 0.29) is 47.9 Å². The zero-order valence-electron chi connectivity index (χ0n) is 27.5. The van der Waals surface area contributed by atoms with Gasteiger partial charge in [0.1, 0.15) is 5.75 Å². The van der Waals surface area contributed by atoms with Gasteiger partial charge in [-0.3, -0.25) is 0 Å². The first-order chi connectivity index (χ1) is 22.7. The number of alkyl halides is 2. The number of esters is 2. The summed E-state index contributed by atoms with van der Waals surface area (Å²) in [6.45, 7) is 5.04. The first kappa shape index (κ1) is 36.6. The van der Waals surface area contributed by atoms with Crippen LogP contribution in [0.2, 0.25) is 0 Å². The molecule has 1 saturated heterocycles. The van der Waals surface area contributed by atoms with Crippen molar-refractivity contribution in [2.24, 2.45) is 0 Å². The predicted octanol–water partition coefficient (Wildman–Crippen LogP) is 7.52. The Balaban J connectivity index is 0.00000520. The van der Waals surface area contributed by atoms with E-state index in [1.54, 1.807) is 32.9 Å². The third kappa shape index (κ3) is 8.25. The first-order valence-electron chi connectivity index (χ1n) is 16.1. The number of nitrogens with zero attached hydrogens (tertiary/aromatic N) is 1. The summed E-state index contributed by atoms with van der Waals surface area (Å²) in [5.74, 6) is -2.16. The summed E-state index contributed by atoms with van der Waals surface area (Å²) in [6.07, 6.45) is 2.60. The van der Waals surface area contributed by atoms with Gasteiger partial charge in [0.05, 0.1) is 30.3 Å². The minimum Gasteiger partial charge on any atom is -0.463 e. The average molecular weight is 681 g/mol. The van der Waals surface area contributed by atoms with Crippen LogP contribution in [0.3, 0.4) is 0 Å². The smallest absolute Gasteiger partial charge is 0.387 e. The van der Waals surface area contributed by atoms with Gasteiger partial charge >= 0.3 is 18.6 Å². The molecule has 0 spiro atoms. The van der Waals surface area contributed by atoms with Crippen LogP contribution in [0.1, 0.15) is 62.6 Å². The lowest BCUT2D eigenvalue weighted by Gasteiger charge is -2.43. The summed E-state index contributed by atoms with van der Waals surface area (Å²) in [5, 5.41) is 3.12. The van der Waals surface area contributed by atoms with Crippen molar-refractivity contribution in [2.75, 3.05) is 32.8 Å². The third-order valence-corrected chi connectivity index (χ3v) is 9.11. The first-order valence-corrected chi connectivity index (χ1v) is 16.1. The Kier molecular flexibility index (Phi) is 12.8. The summed E-state index contributed by atoms with van der Waals surface area (Å²) in [7, 11) is 0. The number of allylic oxidation sites excluding steroid dienone is 2. The van der Waals surface area contributed by atoms with E-state index in [4.69, 9.17) is 9.47 Å². The number of ether oxygens (including phenoxy) is 3. The highest BCUT2D eigenvalue weighted by Gasteiger charge is 2.39. The Hall–Kier alpha value is -4.21. The highest BCUT2D eigenvalue weighted by molar-refractivity contribution is 6.00. The molecular formula is C38H43ClF2N2O5. The highest BCUT2D eigenvalue weighted by Crippen LogP contribution is 2.42. The molecule has 1 N–H and O–H groups in total. The molecule has 0 aromatic heterocycles. The minimum absolute atomic E-state index is 0. The number of hydrogen-bond donors (Lipinski definition) is 1. The Labute approximate surface area is 287 Å². The fourth-order valence-electron chi connectivity index (χ4n) is 6.90. The fourth-order valence-corrected chi connectivity index (χ4v) is 6.90. The van der Waals surface area contributed by atoms with Gasteiger partial charge in [0.2, 0.25) is 0 Å². The maximum absolute atomic E-state index is 13.7. The summed E-state index contributed by atoms with van der Waals surface area (Å²) < 4.78 is 41.8. The van der Waals surface area contributed by atoms with Crippen LogP contribution in [-0.2, 0) is 24.5 Å². The lowest BCUT2D eigenvalue weighted by molar-refractivity contribution is -0.140. The van der Waals surface area contributed by atoms with Gasteiger partial charge in [-0.25, -0.2) is 9.59 Å². The van der Waals surface area contributed by atoms with E-state index in [0.717, 1.165) is 32.5 Å². The van der Waals surface area contributed by atoms with Crippen LogP contribution < -0.4 is 10.1 Å². The number of likely N-dealkylation sites (tertiary alicyclic amines) is 1. The van der Waals surface area contributed by atoms with E-state index >= 15 is 0 Å². The van der Waals surface area contributed by atoms with E-state index in [9.17, 15) is 18.4 Å². The molecule has 1 fully saturated rings. The molecule has 3 aromatic carbocycles. The lowest BCUT2D eigenvalue weighted by Crippen LogP contribution is -2.43. The Morgan fingerprint density at radius 1 is 0.854 bits per heavy atom. The molecule has 3 aromatic rings. The normalized spacial score (nSPS) is 17.8. The second-order valence-corrected chi connectivity index (χ2v) is 12.0. The van der Waals surface area contributed by atoms with Gasteiger partial charge in [-0.1, -0.05) is 72.8 Å². The van der Waals surface area contributed by atoms with Gasteiger partial charge in [-0.2, -0.15) is 8.78 Å². The minimum atomic E-state index is -3.02. The molecule has 2 aliphatic rings. The number of benzene rings is 3. The van der Waals surface area contributed by atoms with Crippen LogP contribution in [0, 0.1) is 0 Å². The molecule has 0 amide bonds. The summed E-state index contributed by atoms with van der Waals surface area (Å²) in [4.78, 5) is 29.2. The largest absolute Gasteiger partial charge is 0.463 e. The molecule has 0 aliphatic carbocycles. The van der Waals surface area contributed by atoms with Gasteiger partial charge in [0.25, 0.3) is 0 Å². The van der Waals surface area contributed by atoms with Crippen molar-refractivity contribution in [2.45, 2.75) is 58.0 Å². The number of hydrogen-bond acceptors (Lipinski definition) is 7. The topological polar surface area (TPSA) is 77.1 Å². The lowest BCUT2D eigenvalue weighted by atomic mass is 9.68. The number of rotatable bonds is 12. The van der Waals surface area contributed by atoms with Crippen molar-refractivity contribution >= 4 is 24.3 Å². The molecule has 48 heavy (non-hydrogen) atoms. The second-order valence-electron chi connectivity index (χ2n) is 12.0. The Bertz CT molecular complexity index is 1560. The fraction of sp³-hybridized carbons (Fsp3) is 0.368. The van der Waals surface area contributed by atoms with Crippen molar-refractivity contribution in [3.05, 3.63) is 124 Å². The van der Waals surface area contributed by atoms with Crippen molar-refractivity contribution < 1.29 is 32.6 Å². The van der Waals surface area contributed by atoms with E-state index in [1.165, 1.54) is 23.3 Å². The van der Waals surface area contributed by atoms with E-state index in [2.05, 4.69) is 75.6 Å². The van der Waals surface area contributed by atoms with Gasteiger partial charge < -0.3 is 24.4 Å². The quantitative estimate of drug-likeness (QED) is 0.157. The summed E-state index contributed by atoms with van der Waals surface area (Å²) in [5.41, 5.74) is 4.52. The highest BCUT2D eigenvalue weighted by atomic mass is 35.5. The third-order valence-electron chi connectivity index (χ3n) is 9.11. The van der Waals surface area contributed by atoms with E-state index in [0.29, 0.717) is 23.4 Å². The average Bonchev–Trinajstić information content (AvgIpc) is 3.07. The zero-order chi connectivity index (χ0) is 33.4. The van der Waals surface area contributed by atoms with Gasteiger partial charge in [-0.05, 0) is 81.9 Å². The molecule has 0 saturated carbocycles. The predicted molar refractivity (Wildman–Crippen MR) is 183 cm³/mol. The molecule has 0 radical (unpaired) electrons. The molecule has 0 bridgehead atoms. The molecule has 5 rings (SSSR count). The second kappa shape index (κ2) is 16.8. The zero-order valence-corrected chi connectivity index (χ0v) is 28.4. The molecule has 7 nitrogen and oxygen atoms in total. The van der Waals surface area contributed by atoms with Crippen molar-refractivity contribution in [3.8, 4) is 5.75 Å². The number of piperidine rings is 1. The SMILES string of the molecule is CCOC(=O)C1=C(C)NC(C)=C(C(=O)OCCCN2CCC(c3ccccc3)(c3ccccc3)CC2)C1c1cccc(OC(F)F)c1.Cl. The maximum Gasteiger partial charge on any atom is 0.387 e. The number of carbonyl (C=O) groups is 2.